The van der Waals surface area contributed by atoms with E-state index in [-0.39, 0.29) is 11.3 Å². The summed E-state index contributed by atoms with van der Waals surface area (Å²) in [6, 6.07) is 0.442. The summed E-state index contributed by atoms with van der Waals surface area (Å²) in [5, 5.41) is 3.33. The zero-order valence-electron chi connectivity index (χ0n) is 12.2. The molecule has 0 rings (SSSR count). The zero-order valence-corrected chi connectivity index (χ0v) is 13.0. The van der Waals surface area contributed by atoms with Crippen molar-refractivity contribution in [2.75, 3.05) is 31.6 Å². The SMILES string of the molecule is CCN(CC)C(=O)CSCC(NC)C(C)(C)C. The second-order valence-corrected chi connectivity index (χ2v) is 6.32. The van der Waals surface area contributed by atoms with Gasteiger partial charge in [-0.3, -0.25) is 4.79 Å². The van der Waals surface area contributed by atoms with Gasteiger partial charge in [-0.15, -0.1) is 0 Å². The molecule has 0 fully saturated rings. The smallest absolute Gasteiger partial charge is 0.232 e. The summed E-state index contributed by atoms with van der Waals surface area (Å²) in [6.45, 7) is 12.3. The molecule has 0 heterocycles. The molecule has 0 bridgehead atoms. The highest BCUT2D eigenvalue weighted by Crippen LogP contribution is 2.22. The maximum absolute atomic E-state index is 11.8. The Morgan fingerprint density at radius 2 is 1.82 bits per heavy atom. The van der Waals surface area contributed by atoms with Gasteiger partial charge < -0.3 is 10.2 Å². The molecule has 0 aromatic rings. The number of carbonyl (C=O) groups is 1. The summed E-state index contributed by atoms with van der Waals surface area (Å²) in [5.41, 5.74) is 0.236. The fraction of sp³-hybridized carbons (Fsp3) is 0.923. The van der Waals surface area contributed by atoms with Gasteiger partial charge in [0.1, 0.15) is 0 Å². The van der Waals surface area contributed by atoms with E-state index in [1.165, 1.54) is 0 Å². The summed E-state index contributed by atoms with van der Waals surface area (Å²) < 4.78 is 0. The highest BCUT2D eigenvalue weighted by atomic mass is 32.2. The lowest BCUT2D eigenvalue weighted by Gasteiger charge is -2.30. The maximum Gasteiger partial charge on any atom is 0.232 e. The van der Waals surface area contributed by atoms with Crippen molar-refractivity contribution in [3.63, 3.8) is 0 Å². The van der Waals surface area contributed by atoms with Gasteiger partial charge in [0.25, 0.3) is 0 Å². The van der Waals surface area contributed by atoms with E-state index >= 15 is 0 Å². The molecule has 0 aliphatic rings. The number of hydrogen-bond donors (Lipinski definition) is 1. The van der Waals surface area contributed by atoms with Crippen LogP contribution in [0.5, 0.6) is 0 Å². The van der Waals surface area contributed by atoms with Crippen LogP contribution in [0.1, 0.15) is 34.6 Å². The Morgan fingerprint density at radius 3 is 2.18 bits per heavy atom. The topological polar surface area (TPSA) is 32.3 Å². The maximum atomic E-state index is 11.8. The van der Waals surface area contributed by atoms with Crippen molar-refractivity contribution < 1.29 is 4.79 Å². The average Bonchev–Trinajstić information content (AvgIpc) is 2.24. The van der Waals surface area contributed by atoms with Crippen LogP contribution >= 0.6 is 11.8 Å². The summed E-state index contributed by atoms with van der Waals surface area (Å²) in [6.07, 6.45) is 0. The second-order valence-electron chi connectivity index (χ2n) is 5.29. The first-order chi connectivity index (χ1) is 7.86. The van der Waals surface area contributed by atoms with E-state index in [0.29, 0.717) is 11.8 Å². The fourth-order valence-electron chi connectivity index (χ4n) is 1.70. The Kier molecular flexibility index (Phi) is 7.88. The summed E-state index contributed by atoms with van der Waals surface area (Å²) in [7, 11) is 1.99. The van der Waals surface area contributed by atoms with E-state index in [1.54, 1.807) is 11.8 Å². The van der Waals surface area contributed by atoms with E-state index in [1.807, 2.05) is 25.8 Å². The minimum absolute atomic E-state index is 0.236. The molecule has 3 nitrogen and oxygen atoms in total. The Labute approximate surface area is 111 Å². The van der Waals surface area contributed by atoms with Crippen molar-refractivity contribution in [1.82, 2.24) is 10.2 Å². The number of nitrogens with one attached hydrogen (secondary N) is 1. The second kappa shape index (κ2) is 7.98. The van der Waals surface area contributed by atoms with Crippen LogP contribution in [-0.4, -0.2) is 48.5 Å². The van der Waals surface area contributed by atoms with Gasteiger partial charge in [0.2, 0.25) is 5.91 Å². The normalized spacial score (nSPS) is 13.5. The number of rotatable bonds is 7. The molecular weight excluding hydrogens is 232 g/mol. The lowest BCUT2D eigenvalue weighted by atomic mass is 9.88. The van der Waals surface area contributed by atoms with Crippen molar-refractivity contribution in [2.24, 2.45) is 5.41 Å². The molecule has 0 aromatic heterocycles. The molecule has 0 radical (unpaired) electrons. The van der Waals surface area contributed by atoms with Crippen molar-refractivity contribution in [3.8, 4) is 0 Å². The molecule has 0 saturated carbocycles. The molecule has 1 atom stereocenters. The van der Waals surface area contributed by atoms with Gasteiger partial charge in [0, 0.05) is 24.9 Å². The minimum atomic E-state index is 0.236. The number of carbonyl (C=O) groups excluding carboxylic acids is 1. The lowest BCUT2D eigenvalue weighted by Crippen LogP contribution is -2.40. The lowest BCUT2D eigenvalue weighted by molar-refractivity contribution is -0.127. The van der Waals surface area contributed by atoms with Gasteiger partial charge in [0.05, 0.1) is 5.75 Å². The third kappa shape index (κ3) is 6.32. The first-order valence-electron chi connectivity index (χ1n) is 6.39. The standard InChI is InChI=1S/C13H28N2OS/c1-7-15(8-2)12(16)10-17-9-11(14-6)13(3,4)5/h11,14H,7-10H2,1-6H3. The first-order valence-corrected chi connectivity index (χ1v) is 7.55. The zero-order chi connectivity index (χ0) is 13.5. The van der Waals surface area contributed by atoms with Gasteiger partial charge in [-0.05, 0) is 26.3 Å². The molecule has 1 unspecified atom stereocenters. The molecular formula is C13H28N2OS. The van der Waals surface area contributed by atoms with E-state index in [4.69, 9.17) is 0 Å². The van der Waals surface area contributed by atoms with Gasteiger partial charge >= 0.3 is 0 Å². The van der Waals surface area contributed by atoms with Gasteiger partial charge in [-0.2, -0.15) is 11.8 Å². The van der Waals surface area contributed by atoms with Crippen molar-refractivity contribution in [1.29, 1.82) is 0 Å². The predicted molar refractivity (Wildman–Crippen MR) is 77.6 cm³/mol. The van der Waals surface area contributed by atoms with Crippen molar-refractivity contribution in [2.45, 2.75) is 40.7 Å². The number of thioether (sulfide) groups is 1. The molecule has 4 heteroatoms. The van der Waals surface area contributed by atoms with E-state index in [2.05, 4.69) is 26.1 Å². The molecule has 17 heavy (non-hydrogen) atoms. The Morgan fingerprint density at radius 1 is 1.29 bits per heavy atom. The highest BCUT2D eigenvalue weighted by Gasteiger charge is 2.23. The quantitative estimate of drug-likeness (QED) is 0.762. The summed E-state index contributed by atoms with van der Waals surface area (Å²) in [4.78, 5) is 13.7. The van der Waals surface area contributed by atoms with Crippen molar-refractivity contribution in [3.05, 3.63) is 0 Å². The van der Waals surface area contributed by atoms with Crippen LogP contribution in [0.3, 0.4) is 0 Å². The minimum Gasteiger partial charge on any atom is -0.343 e. The highest BCUT2D eigenvalue weighted by molar-refractivity contribution is 8.00. The summed E-state index contributed by atoms with van der Waals surface area (Å²) in [5.74, 6) is 1.83. The molecule has 0 saturated heterocycles. The van der Waals surface area contributed by atoms with Crippen LogP contribution in [0.4, 0.5) is 0 Å². The molecule has 0 aliphatic carbocycles. The first kappa shape index (κ1) is 16.8. The molecule has 102 valence electrons. The van der Waals surface area contributed by atoms with Gasteiger partial charge in [-0.1, -0.05) is 20.8 Å². The van der Waals surface area contributed by atoms with E-state index < -0.39 is 0 Å². The van der Waals surface area contributed by atoms with Gasteiger partial charge in [0.15, 0.2) is 0 Å². The Bertz CT molecular complexity index is 222. The van der Waals surface area contributed by atoms with Gasteiger partial charge in [-0.25, -0.2) is 0 Å². The largest absolute Gasteiger partial charge is 0.343 e. The molecule has 1 amide bonds. The van der Waals surface area contributed by atoms with E-state index in [9.17, 15) is 4.79 Å². The van der Waals surface area contributed by atoms with Crippen LogP contribution in [0.15, 0.2) is 0 Å². The third-order valence-electron chi connectivity index (χ3n) is 3.02. The van der Waals surface area contributed by atoms with E-state index in [0.717, 1.165) is 18.8 Å². The Hall–Kier alpha value is -0.220. The van der Waals surface area contributed by atoms with Crippen LogP contribution in [0, 0.1) is 5.41 Å². The molecule has 0 spiro atoms. The number of nitrogens with zero attached hydrogens (tertiary/aromatic N) is 1. The van der Waals surface area contributed by atoms with Crippen LogP contribution in [-0.2, 0) is 4.79 Å². The van der Waals surface area contributed by atoms with Crippen LogP contribution in [0.25, 0.3) is 0 Å². The van der Waals surface area contributed by atoms with Crippen molar-refractivity contribution >= 4 is 17.7 Å². The number of amides is 1. The summed E-state index contributed by atoms with van der Waals surface area (Å²) >= 11 is 1.73. The predicted octanol–water partition coefficient (Wildman–Crippen LogP) is 2.22. The molecule has 0 aromatic carbocycles. The number of hydrogen-bond acceptors (Lipinski definition) is 3. The molecule has 0 aliphatic heterocycles. The Balaban J connectivity index is 4.01. The fourth-order valence-corrected chi connectivity index (χ4v) is 3.08. The third-order valence-corrected chi connectivity index (χ3v) is 4.04. The van der Waals surface area contributed by atoms with Crippen LogP contribution in [0.2, 0.25) is 0 Å². The van der Waals surface area contributed by atoms with Crippen LogP contribution < -0.4 is 5.32 Å². The average molecular weight is 260 g/mol. The monoisotopic (exact) mass is 260 g/mol. The molecule has 1 N–H and O–H groups in total.